The van der Waals surface area contributed by atoms with Gasteiger partial charge in [-0.3, -0.25) is 19.5 Å². The summed E-state index contributed by atoms with van der Waals surface area (Å²) in [5.74, 6) is -0.711. The highest BCUT2D eigenvalue weighted by atomic mass is 35.5. The maximum absolute atomic E-state index is 14.0. The highest BCUT2D eigenvalue weighted by Crippen LogP contribution is 2.37. The number of carbonyl (C=O) groups excluding carboxylic acids is 3. The summed E-state index contributed by atoms with van der Waals surface area (Å²) < 4.78 is 44.2. The van der Waals surface area contributed by atoms with Crippen molar-refractivity contribution in [3.05, 3.63) is 64.5 Å². The molecule has 13 nitrogen and oxygen atoms in total. The number of nitrogens with zero attached hydrogens (tertiary/aromatic N) is 8. The summed E-state index contributed by atoms with van der Waals surface area (Å²) >= 11 is 6.49. The first kappa shape index (κ1) is 33.2. The molecule has 2 aliphatic heterocycles. The highest BCUT2D eigenvalue weighted by molar-refractivity contribution is 6.34. The van der Waals surface area contributed by atoms with Gasteiger partial charge in [-0.15, -0.1) is 0 Å². The standard InChI is InChI=1S/C31H34ClF3N10O3/c1-18-15-37-39-26(18)45-17-22(25(40-45)31(33,34)35)24-16-36-27(42(24)3)28(46)38-20-4-5-21(23(32)14-20)30(48)44-12-10-43(11-13-44)29(47)19-6-8-41(2)9-7-19/h4-5,14-17,19H,6-13H2,1-3H3,(H,37,39)(H,38,46). The van der Waals surface area contributed by atoms with Crippen LogP contribution >= 0.6 is 11.6 Å². The van der Waals surface area contributed by atoms with Gasteiger partial charge in [0.15, 0.2) is 17.3 Å². The normalized spacial score (nSPS) is 16.4. The molecule has 0 spiro atoms. The van der Waals surface area contributed by atoms with Crippen LogP contribution in [0.4, 0.5) is 18.9 Å². The maximum Gasteiger partial charge on any atom is 0.435 e. The van der Waals surface area contributed by atoms with Crippen LogP contribution < -0.4 is 5.32 Å². The first-order valence-corrected chi connectivity index (χ1v) is 15.8. The molecule has 3 aromatic heterocycles. The number of likely N-dealkylation sites (tertiary alicyclic amines) is 1. The molecule has 0 bridgehead atoms. The second-order valence-electron chi connectivity index (χ2n) is 12.1. The average Bonchev–Trinajstić information content (AvgIpc) is 3.78. The molecule has 6 rings (SSSR count). The van der Waals surface area contributed by atoms with Gasteiger partial charge in [0.05, 0.1) is 34.2 Å². The molecule has 4 aromatic rings. The molecular formula is C31H34ClF3N10O3. The summed E-state index contributed by atoms with van der Waals surface area (Å²) in [6.45, 7) is 5.12. The van der Waals surface area contributed by atoms with Crippen molar-refractivity contribution in [1.29, 1.82) is 0 Å². The van der Waals surface area contributed by atoms with Gasteiger partial charge in [-0.2, -0.15) is 23.4 Å². The van der Waals surface area contributed by atoms with Crippen molar-refractivity contribution >= 4 is 35.0 Å². The number of H-pyrrole nitrogens is 1. The van der Waals surface area contributed by atoms with Gasteiger partial charge >= 0.3 is 6.18 Å². The van der Waals surface area contributed by atoms with E-state index in [9.17, 15) is 27.6 Å². The van der Waals surface area contributed by atoms with Crippen molar-refractivity contribution in [2.45, 2.75) is 25.9 Å². The van der Waals surface area contributed by atoms with Crippen LogP contribution in [0.5, 0.6) is 0 Å². The number of aromatic amines is 1. The number of hydrogen-bond acceptors (Lipinski definition) is 7. The van der Waals surface area contributed by atoms with Crippen LogP contribution in [-0.2, 0) is 18.0 Å². The lowest BCUT2D eigenvalue weighted by Gasteiger charge is -2.38. The number of aryl methyl sites for hydroxylation is 1. The van der Waals surface area contributed by atoms with Crippen LogP contribution in [0.2, 0.25) is 5.02 Å². The van der Waals surface area contributed by atoms with Crippen LogP contribution in [0.1, 0.15) is 45.1 Å². The number of carbonyl (C=O) groups is 3. The van der Waals surface area contributed by atoms with Crippen molar-refractivity contribution in [2.24, 2.45) is 13.0 Å². The Morgan fingerprint density at radius 2 is 1.69 bits per heavy atom. The Labute approximate surface area is 278 Å². The van der Waals surface area contributed by atoms with Crippen LogP contribution in [0.25, 0.3) is 17.1 Å². The van der Waals surface area contributed by atoms with E-state index in [4.69, 9.17) is 11.6 Å². The van der Waals surface area contributed by atoms with Gasteiger partial charge in [-0.25, -0.2) is 9.67 Å². The number of amides is 3. The molecular weight excluding hydrogens is 653 g/mol. The smallest absolute Gasteiger partial charge is 0.339 e. The van der Waals surface area contributed by atoms with E-state index >= 15 is 0 Å². The second-order valence-corrected chi connectivity index (χ2v) is 12.5. The third-order valence-electron chi connectivity index (χ3n) is 8.88. The lowest BCUT2D eigenvalue weighted by Crippen LogP contribution is -2.52. The van der Waals surface area contributed by atoms with Gasteiger partial charge in [0.25, 0.3) is 11.8 Å². The van der Waals surface area contributed by atoms with Crippen LogP contribution in [0.3, 0.4) is 0 Å². The van der Waals surface area contributed by atoms with Crippen molar-refractivity contribution in [3.8, 4) is 17.1 Å². The maximum atomic E-state index is 14.0. The molecule has 2 fully saturated rings. The summed E-state index contributed by atoms with van der Waals surface area (Å²) in [6, 6.07) is 4.44. The number of piperazine rings is 1. The predicted molar refractivity (Wildman–Crippen MR) is 170 cm³/mol. The molecule has 0 saturated carbocycles. The number of alkyl halides is 3. The van der Waals surface area contributed by atoms with E-state index < -0.39 is 17.8 Å². The molecule has 0 atom stereocenters. The Kier molecular flexibility index (Phi) is 9.04. The number of benzene rings is 1. The van der Waals surface area contributed by atoms with Crippen LogP contribution in [0, 0.1) is 12.8 Å². The first-order valence-electron chi connectivity index (χ1n) is 15.4. The molecule has 2 N–H and O–H groups in total. The zero-order valence-electron chi connectivity index (χ0n) is 26.5. The summed E-state index contributed by atoms with van der Waals surface area (Å²) in [6.07, 6.45) is 0.727. The summed E-state index contributed by atoms with van der Waals surface area (Å²) in [5.41, 5.74) is -0.312. The van der Waals surface area contributed by atoms with Crippen molar-refractivity contribution < 1.29 is 27.6 Å². The van der Waals surface area contributed by atoms with E-state index in [2.05, 4.69) is 30.5 Å². The Morgan fingerprint density at radius 1 is 1.00 bits per heavy atom. The molecule has 2 saturated heterocycles. The van der Waals surface area contributed by atoms with Crippen molar-refractivity contribution in [2.75, 3.05) is 51.6 Å². The van der Waals surface area contributed by atoms with Gasteiger partial charge in [-0.05, 0) is 58.1 Å². The van der Waals surface area contributed by atoms with Gasteiger partial charge in [0, 0.05) is 56.6 Å². The fraction of sp³-hybridized carbons (Fsp3) is 0.419. The molecule has 0 radical (unpaired) electrons. The molecule has 48 heavy (non-hydrogen) atoms. The number of rotatable bonds is 6. The number of imidazole rings is 1. The Bertz CT molecular complexity index is 1850. The van der Waals surface area contributed by atoms with E-state index in [-0.39, 0.29) is 56.9 Å². The fourth-order valence-electron chi connectivity index (χ4n) is 6.09. The Morgan fingerprint density at radius 3 is 2.31 bits per heavy atom. The van der Waals surface area contributed by atoms with Gasteiger partial charge in [-0.1, -0.05) is 11.6 Å². The van der Waals surface area contributed by atoms with Gasteiger partial charge < -0.3 is 24.6 Å². The Hall–Kier alpha value is -4.70. The van der Waals surface area contributed by atoms with Crippen molar-refractivity contribution in [3.63, 3.8) is 0 Å². The molecule has 0 unspecified atom stereocenters. The minimum absolute atomic E-state index is 0.0167. The van der Waals surface area contributed by atoms with Gasteiger partial charge in [0.1, 0.15) is 0 Å². The second kappa shape index (κ2) is 13.1. The SMILES string of the molecule is Cc1cn[nH]c1-n1cc(-c2cnc(C(=O)Nc3ccc(C(=O)N4CCN(C(=O)C5CCN(C)CC5)CC4)c(Cl)c3)n2C)c(C(F)(F)F)n1. The highest BCUT2D eigenvalue weighted by Gasteiger charge is 2.39. The number of nitrogens with one attached hydrogen (secondary N) is 2. The van der Waals surface area contributed by atoms with E-state index in [1.807, 2.05) is 11.9 Å². The lowest BCUT2D eigenvalue weighted by atomic mass is 9.95. The fourth-order valence-corrected chi connectivity index (χ4v) is 6.36. The van der Waals surface area contributed by atoms with Crippen molar-refractivity contribution in [1.82, 2.24) is 44.2 Å². The molecule has 3 amide bonds. The number of halogens is 4. The monoisotopic (exact) mass is 686 g/mol. The van der Waals surface area contributed by atoms with E-state index in [0.29, 0.717) is 31.7 Å². The topological polar surface area (TPSA) is 137 Å². The zero-order valence-corrected chi connectivity index (χ0v) is 27.3. The molecule has 17 heteroatoms. The molecule has 1 aromatic carbocycles. The van der Waals surface area contributed by atoms with Crippen LogP contribution in [-0.4, -0.2) is 108 Å². The third kappa shape index (κ3) is 6.54. The molecule has 0 aliphatic carbocycles. The van der Waals surface area contributed by atoms with Crippen LogP contribution in [0.15, 0.2) is 36.8 Å². The number of anilines is 1. The zero-order chi connectivity index (χ0) is 34.3. The minimum Gasteiger partial charge on any atom is -0.339 e. The number of piperidine rings is 1. The summed E-state index contributed by atoms with van der Waals surface area (Å²) in [5, 5.41) is 13.0. The van der Waals surface area contributed by atoms with E-state index in [1.165, 1.54) is 48.4 Å². The summed E-state index contributed by atoms with van der Waals surface area (Å²) in [7, 11) is 3.47. The lowest BCUT2D eigenvalue weighted by molar-refractivity contribution is -0.141. The third-order valence-corrected chi connectivity index (χ3v) is 9.20. The first-order chi connectivity index (χ1) is 22.8. The molecule has 2 aliphatic rings. The molecule has 254 valence electrons. The summed E-state index contributed by atoms with van der Waals surface area (Å²) in [4.78, 5) is 49.3. The number of hydrogen-bond donors (Lipinski definition) is 2. The van der Waals surface area contributed by atoms with E-state index in [1.54, 1.807) is 11.8 Å². The number of aromatic nitrogens is 6. The largest absolute Gasteiger partial charge is 0.435 e. The van der Waals surface area contributed by atoms with E-state index in [0.717, 1.165) is 30.6 Å². The van der Waals surface area contributed by atoms with Gasteiger partial charge in [0.2, 0.25) is 5.91 Å². The predicted octanol–water partition coefficient (Wildman–Crippen LogP) is 3.86. The molecule has 5 heterocycles. The quantitative estimate of drug-likeness (QED) is 0.314. The average molecular weight is 687 g/mol. The Balaban J connectivity index is 1.12. The minimum atomic E-state index is -4.78.